The molecule has 1 N–H and O–H groups in total. The minimum Gasteiger partial charge on any atom is -0.308 e. The Morgan fingerprint density at radius 2 is 2.23 bits per heavy atom. The largest absolute Gasteiger partial charge is 0.308 e. The number of aromatic nitrogens is 1. The predicted octanol–water partition coefficient (Wildman–Crippen LogP) is 2.95. The first-order valence-corrected chi connectivity index (χ1v) is 5.82. The zero-order valence-corrected chi connectivity index (χ0v) is 10.4. The molecule has 1 fully saturated rings. The van der Waals surface area contributed by atoms with E-state index in [1.54, 1.807) is 0 Å². The maximum atomic E-state index is 4.40. The predicted molar refractivity (Wildman–Crippen MR) is 59.7 cm³/mol. The Bertz CT molecular complexity index is 335. The minimum atomic E-state index is 0.446. The van der Waals surface area contributed by atoms with E-state index < -0.39 is 0 Å². The first kappa shape index (κ1) is 9.62. The van der Waals surface area contributed by atoms with Crippen molar-refractivity contribution in [1.82, 2.24) is 10.3 Å². The Morgan fingerprint density at radius 3 is 2.77 bits per heavy atom. The van der Waals surface area contributed by atoms with Gasteiger partial charge in [0.15, 0.2) is 0 Å². The standard InChI is InChI=1S/C9H10Br2N2/c1-5-6(10)4-13-9(8(5)11)7-2-3-12-7/h4,7,12H,2-3H2,1H3. The monoisotopic (exact) mass is 304 g/mol. The zero-order chi connectivity index (χ0) is 9.42. The van der Waals surface area contributed by atoms with Crippen LogP contribution in [0.3, 0.4) is 0 Å². The molecule has 1 atom stereocenters. The van der Waals surface area contributed by atoms with Crippen molar-refractivity contribution in [3.8, 4) is 0 Å². The lowest BCUT2D eigenvalue weighted by molar-refractivity contribution is 0.373. The lowest BCUT2D eigenvalue weighted by atomic mass is 10.0. The summed E-state index contributed by atoms with van der Waals surface area (Å²) in [6.07, 6.45) is 3.06. The summed E-state index contributed by atoms with van der Waals surface area (Å²) in [7, 11) is 0. The molecule has 1 aliphatic rings. The molecule has 0 bridgehead atoms. The quantitative estimate of drug-likeness (QED) is 0.863. The molecule has 70 valence electrons. The smallest absolute Gasteiger partial charge is 0.0718 e. The Labute approximate surface area is 94.4 Å². The molecule has 1 aromatic rings. The zero-order valence-electron chi connectivity index (χ0n) is 7.27. The van der Waals surface area contributed by atoms with E-state index in [1.165, 1.54) is 12.0 Å². The molecule has 0 radical (unpaired) electrons. The summed E-state index contributed by atoms with van der Waals surface area (Å²) in [5, 5.41) is 3.34. The third-order valence-corrected chi connectivity index (χ3v) is 4.18. The Balaban J connectivity index is 2.41. The fourth-order valence-corrected chi connectivity index (χ4v) is 2.50. The average molecular weight is 306 g/mol. The second-order valence-corrected chi connectivity index (χ2v) is 4.87. The number of hydrogen-bond acceptors (Lipinski definition) is 2. The molecule has 2 heterocycles. The first-order chi connectivity index (χ1) is 6.20. The van der Waals surface area contributed by atoms with Crippen molar-refractivity contribution in [2.75, 3.05) is 6.54 Å². The van der Waals surface area contributed by atoms with Crippen molar-refractivity contribution in [2.45, 2.75) is 19.4 Å². The van der Waals surface area contributed by atoms with Gasteiger partial charge in [-0.3, -0.25) is 4.98 Å². The summed E-state index contributed by atoms with van der Waals surface area (Å²) in [5.41, 5.74) is 2.35. The van der Waals surface area contributed by atoms with Crippen LogP contribution in [0.5, 0.6) is 0 Å². The van der Waals surface area contributed by atoms with E-state index in [2.05, 4.69) is 49.1 Å². The number of rotatable bonds is 1. The molecule has 0 saturated carbocycles. The summed E-state index contributed by atoms with van der Waals surface area (Å²) >= 11 is 7.03. The highest BCUT2D eigenvalue weighted by atomic mass is 79.9. The maximum absolute atomic E-state index is 4.40. The van der Waals surface area contributed by atoms with E-state index in [1.807, 2.05) is 6.20 Å². The molecule has 1 aliphatic heterocycles. The molecule has 1 saturated heterocycles. The topological polar surface area (TPSA) is 24.9 Å². The molecule has 0 amide bonds. The van der Waals surface area contributed by atoms with Gasteiger partial charge >= 0.3 is 0 Å². The van der Waals surface area contributed by atoms with Crippen LogP contribution in [-0.4, -0.2) is 11.5 Å². The highest BCUT2D eigenvalue weighted by Gasteiger charge is 2.23. The SMILES string of the molecule is Cc1c(Br)cnc(C2CCN2)c1Br. The van der Waals surface area contributed by atoms with Gasteiger partial charge in [0.2, 0.25) is 0 Å². The van der Waals surface area contributed by atoms with Crippen LogP contribution in [0.2, 0.25) is 0 Å². The molecule has 0 aliphatic carbocycles. The van der Waals surface area contributed by atoms with Gasteiger partial charge in [0.05, 0.1) is 11.7 Å². The Morgan fingerprint density at radius 1 is 1.54 bits per heavy atom. The van der Waals surface area contributed by atoms with Crippen LogP contribution in [-0.2, 0) is 0 Å². The van der Waals surface area contributed by atoms with Gasteiger partial charge in [0, 0.05) is 15.1 Å². The number of nitrogens with zero attached hydrogens (tertiary/aromatic N) is 1. The molecule has 0 spiro atoms. The lowest BCUT2D eigenvalue weighted by Crippen LogP contribution is -2.35. The minimum absolute atomic E-state index is 0.446. The summed E-state index contributed by atoms with van der Waals surface area (Å²) in [4.78, 5) is 4.40. The second-order valence-electron chi connectivity index (χ2n) is 3.23. The fourth-order valence-electron chi connectivity index (χ4n) is 1.34. The van der Waals surface area contributed by atoms with Crippen LogP contribution in [0.25, 0.3) is 0 Å². The van der Waals surface area contributed by atoms with E-state index in [9.17, 15) is 0 Å². The number of nitrogens with one attached hydrogen (secondary N) is 1. The molecule has 1 aromatic heterocycles. The molecule has 13 heavy (non-hydrogen) atoms. The summed E-state index contributed by atoms with van der Waals surface area (Å²) in [6, 6.07) is 0.446. The van der Waals surface area contributed by atoms with Crippen molar-refractivity contribution in [3.05, 3.63) is 26.4 Å². The van der Waals surface area contributed by atoms with Crippen molar-refractivity contribution < 1.29 is 0 Å². The normalized spacial score (nSPS) is 21.3. The van der Waals surface area contributed by atoms with Crippen LogP contribution in [0.15, 0.2) is 15.1 Å². The van der Waals surface area contributed by atoms with Crippen molar-refractivity contribution in [2.24, 2.45) is 0 Å². The molecule has 1 unspecified atom stereocenters. The number of halogens is 2. The Kier molecular flexibility index (Phi) is 2.72. The van der Waals surface area contributed by atoms with Crippen LogP contribution >= 0.6 is 31.9 Å². The average Bonchev–Trinajstić information content (AvgIpc) is 2.03. The van der Waals surface area contributed by atoms with E-state index in [-0.39, 0.29) is 0 Å². The van der Waals surface area contributed by atoms with Gasteiger partial charge in [-0.15, -0.1) is 0 Å². The lowest BCUT2D eigenvalue weighted by Gasteiger charge is -2.28. The van der Waals surface area contributed by atoms with Gasteiger partial charge in [-0.1, -0.05) is 0 Å². The summed E-state index contributed by atoms with van der Waals surface area (Å²) in [6.45, 7) is 3.19. The van der Waals surface area contributed by atoms with Gasteiger partial charge in [-0.2, -0.15) is 0 Å². The highest BCUT2D eigenvalue weighted by Crippen LogP contribution is 2.32. The van der Waals surface area contributed by atoms with Gasteiger partial charge in [-0.05, 0) is 57.3 Å². The third kappa shape index (κ3) is 1.67. The third-order valence-electron chi connectivity index (χ3n) is 2.38. The highest BCUT2D eigenvalue weighted by molar-refractivity contribution is 9.11. The van der Waals surface area contributed by atoms with E-state index in [0.717, 1.165) is 21.2 Å². The van der Waals surface area contributed by atoms with Crippen LogP contribution in [0.1, 0.15) is 23.7 Å². The van der Waals surface area contributed by atoms with Crippen LogP contribution in [0.4, 0.5) is 0 Å². The number of pyridine rings is 1. The van der Waals surface area contributed by atoms with Gasteiger partial charge in [0.1, 0.15) is 0 Å². The summed E-state index contributed by atoms with van der Waals surface area (Å²) in [5.74, 6) is 0. The molecular formula is C9H10Br2N2. The molecule has 0 aromatic carbocycles. The summed E-state index contributed by atoms with van der Waals surface area (Å²) < 4.78 is 2.18. The first-order valence-electron chi connectivity index (χ1n) is 4.24. The van der Waals surface area contributed by atoms with Crippen LogP contribution in [0, 0.1) is 6.92 Å². The Hall–Kier alpha value is 0.0700. The molecule has 2 rings (SSSR count). The molecule has 2 nitrogen and oxygen atoms in total. The van der Waals surface area contributed by atoms with Gasteiger partial charge in [0.25, 0.3) is 0 Å². The van der Waals surface area contributed by atoms with E-state index >= 15 is 0 Å². The van der Waals surface area contributed by atoms with Gasteiger partial charge < -0.3 is 5.32 Å². The van der Waals surface area contributed by atoms with E-state index in [0.29, 0.717) is 6.04 Å². The maximum Gasteiger partial charge on any atom is 0.0718 e. The number of hydrogen-bond donors (Lipinski definition) is 1. The van der Waals surface area contributed by atoms with Gasteiger partial charge in [-0.25, -0.2) is 0 Å². The van der Waals surface area contributed by atoms with Crippen molar-refractivity contribution >= 4 is 31.9 Å². The molecule has 4 heteroatoms. The molecular weight excluding hydrogens is 296 g/mol. The fraction of sp³-hybridized carbons (Fsp3) is 0.444. The van der Waals surface area contributed by atoms with Crippen molar-refractivity contribution in [1.29, 1.82) is 0 Å². The van der Waals surface area contributed by atoms with E-state index in [4.69, 9.17) is 0 Å². The van der Waals surface area contributed by atoms with Crippen molar-refractivity contribution in [3.63, 3.8) is 0 Å². The van der Waals surface area contributed by atoms with Crippen LogP contribution < -0.4 is 5.32 Å². The second kappa shape index (κ2) is 3.67.